The van der Waals surface area contributed by atoms with Gasteiger partial charge in [-0.1, -0.05) is 6.92 Å². The highest BCUT2D eigenvalue weighted by Crippen LogP contribution is 2.23. The maximum absolute atomic E-state index is 5.67. The van der Waals surface area contributed by atoms with Crippen LogP contribution in [0.4, 0.5) is 5.82 Å². The van der Waals surface area contributed by atoms with Crippen molar-refractivity contribution in [1.82, 2.24) is 9.97 Å². The van der Waals surface area contributed by atoms with Crippen molar-refractivity contribution in [2.75, 3.05) is 24.5 Å². The van der Waals surface area contributed by atoms with Gasteiger partial charge in [0.1, 0.15) is 12.1 Å². The lowest BCUT2D eigenvalue weighted by molar-refractivity contribution is 0.589. The van der Waals surface area contributed by atoms with Gasteiger partial charge in [0, 0.05) is 24.8 Å². The molecule has 1 aromatic heterocycles. The molecule has 16 heavy (non-hydrogen) atoms. The first-order chi connectivity index (χ1) is 7.81. The van der Waals surface area contributed by atoms with E-state index in [1.807, 2.05) is 6.20 Å². The minimum atomic E-state index is 0.493. The van der Waals surface area contributed by atoms with Gasteiger partial charge in [-0.05, 0) is 31.7 Å². The van der Waals surface area contributed by atoms with Crippen molar-refractivity contribution < 1.29 is 0 Å². The van der Waals surface area contributed by atoms with Gasteiger partial charge in [-0.2, -0.15) is 0 Å². The zero-order valence-corrected chi connectivity index (χ0v) is 9.89. The fourth-order valence-electron chi connectivity index (χ4n) is 2.17. The maximum Gasteiger partial charge on any atom is 0.135 e. The van der Waals surface area contributed by atoms with E-state index in [0.29, 0.717) is 12.5 Å². The van der Waals surface area contributed by atoms with E-state index in [2.05, 4.69) is 21.8 Å². The van der Waals surface area contributed by atoms with Gasteiger partial charge in [-0.3, -0.25) is 0 Å². The Morgan fingerprint density at radius 3 is 2.88 bits per heavy atom. The quantitative estimate of drug-likeness (QED) is 0.828. The van der Waals surface area contributed by atoms with Crippen LogP contribution in [0.15, 0.2) is 12.5 Å². The number of hydrogen-bond donors (Lipinski definition) is 1. The van der Waals surface area contributed by atoms with Crippen molar-refractivity contribution in [3.05, 3.63) is 18.1 Å². The average molecular weight is 220 g/mol. The zero-order valence-electron chi connectivity index (χ0n) is 9.89. The minimum absolute atomic E-state index is 0.493. The van der Waals surface area contributed by atoms with Crippen LogP contribution in [0, 0.1) is 5.92 Å². The van der Waals surface area contributed by atoms with E-state index in [1.54, 1.807) is 6.33 Å². The van der Waals surface area contributed by atoms with E-state index >= 15 is 0 Å². The SMILES string of the molecule is CC(CN)Cc1cncnc1N1CCCC1. The van der Waals surface area contributed by atoms with Crippen LogP contribution in [0.25, 0.3) is 0 Å². The Morgan fingerprint density at radius 2 is 2.19 bits per heavy atom. The summed E-state index contributed by atoms with van der Waals surface area (Å²) in [5.41, 5.74) is 6.91. The Labute approximate surface area is 96.9 Å². The van der Waals surface area contributed by atoms with Crippen LogP contribution < -0.4 is 10.6 Å². The lowest BCUT2D eigenvalue weighted by Crippen LogP contribution is -2.22. The molecule has 0 radical (unpaired) electrons. The average Bonchev–Trinajstić information content (AvgIpc) is 2.83. The Balaban J connectivity index is 2.16. The van der Waals surface area contributed by atoms with E-state index in [9.17, 15) is 0 Å². The van der Waals surface area contributed by atoms with Gasteiger partial charge in [-0.15, -0.1) is 0 Å². The molecule has 1 aromatic rings. The molecule has 1 atom stereocenters. The van der Waals surface area contributed by atoms with Crippen molar-refractivity contribution in [3.8, 4) is 0 Å². The fourth-order valence-corrected chi connectivity index (χ4v) is 2.17. The summed E-state index contributed by atoms with van der Waals surface area (Å²) in [7, 11) is 0. The molecule has 0 bridgehead atoms. The number of aromatic nitrogens is 2. The summed E-state index contributed by atoms with van der Waals surface area (Å²) in [4.78, 5) is 10.9. The monoisotopic (exact) mass is 220 g/mol. The van der Waals surface area contributed by atoms with Crippen molar-refractivity contribution in [1.29, 1.82) is 0 Å². The lowest BCUT2D eigenvalue weighted by Gasteiger charge is -2.20. The van der Waals surface area contributed by atoms with Gasteiger partial charge in [0.15, 0.2) is 0 Å². The number of nitrogens with two attached hydrogens (primary N) is 1. The second kappa shape index (κ2) is 5.25. The van der Waals surface area contributed by atoms with Gasteiger partial charge >= 0.3 is 0 Å². The summed E-state index contributed by atoms with van der Waals surface area (Å²) < 4.78 is 0. The molecular weight excluding hydrogens is 200 g/mol. The summed E-state index contributed by atoms with van der Waals surface area (Å²) in [5.74, 6) is 1.61. The molecule has 1 unspecified atom stereocenters. The first kappa shape index (κ1) is 11.3. The minimum Gasteiger partial charge on any atom is -0.356 e. The predicted molar refractivity (Wildman–Crippen MR) is 65.4 cm³/mol. The Hall–Kier alpha value is -1.16. The molecule has 0 saturated carbocycles. The number of anilines is 1. The summed E-state index contributed by atoms with van der Waals surface area (Å²) in [6.07, 6.45) is 7.10. The van der Waals surface area contributed by atoms with Gasteiger partial charge in [0.2, 0.25) is 0 Å². The van der Waals surface area contributed by atoms with Gasteiger partial charge in [0.05, 0.1) is 0 Å². The van der Waals surface area contributed by atoms with Crippen molar-refractivity contribution in [3.63, 3.8) is 0 Å². The second-order valence-electron chi connectivity index (χ2n) is 4.61. The smallest absolute Gasteiger partial charge is 0.135 e. The molecule has 2 rings (SSSR count). The first-order valence-electron chi connectivity index (χ1n) is 6.05. The van der Waals surface area contributed by atoms with Gasteiger partial charge < -0.3 is 10.6 Å². The topological polar surface area (TPSA) is 55.0 Å². The van der Waals surface area contributed by atoms with Gasteiger partial charge in [-0.25, -0.2) is 9.97 Å². The summed E-state index contributed by atoms with van der Waals surface area (Å²) in [6, 6.07) is 0. The number of nitrogens with zero attached hydrogens (tertiary/aromatic N) is 3. The standard InChI is InChI=1S/C12H20N4/c1-10(7-13)6-11-8-14-9-15-12(11)16-4-2-3-5-16/h8-10H,2-7,13H2,1H3. The van der Waals surface area contributed by atoms with Crippen LogP contribution in [0.3, 0.4) is 0 Å². The third-order valence-corrected chi connectivity index (χ3v) is 3.14. The van der Waals surface area contributed by atoms with Crippen molar-refractivity contribution in [2.45, 2.75) is 26.2 Å². The van der Waals surface area contributed by atoms with Crippen molar-refractivity contribution >= 4 is 5.82 Å². The van der Waals surface area contributed by atoms with E-state index in [0.717, 1.165) is 25.3 Å². The van der Waals surface area contributed by atoms with Crippen LogP contribution in [0.2, 0.25) is 0 Å². The van der Waals surface area contributed by atoms with E-state index in [-0.39, 0.29) is 0 Å². The van der Waals surface area contributed by atoms with E-state index in [1.165, 1.54) is 18.4 Å². The number of hydrogen-bond acceptors (Lipinski definition) is 4. The molecule has 0 spiro atoms. The Bertz CT molecular complexity index is 334. The third kappa shape index (κ3) is 2.50. The molecule has 2 heterocycles. The van der Waals surface area contributed by atoms with Crippen molar-refractivity contribution in [2.24, 2.45) is 11.7 Å². The molecular formula is C12H20N4. The summed E-state index contributed by atoms with van der Waals surface area (Å²) in [5, 5.41) is 0. The van der Waals surface area contributed by atoms with Gasteiger partial charge in [0.25, 0.3) is 0 Å². The largest absolute Gasteiger partial charge is 0.356 e. The van der Waals surface area contributed by atoms with Crippen LogP contribution in [-0.2, 0) is 6.42 Å². The third-order valence-electron chi connectivity index (χ3n) is 3.14. The van der Waals surface area contributed by atoms with E-state index in [4.69, 9.17) is 5.73 Å². The normalized spacial score (nSPS) is 17.8. The van der Waals surface area contributed by atoms with E-state index < -0.39 is 0 Å². The molecule has 0 amide bonds. The fraction of sp³-hybridized carbons (Fsp3) is 0.667. The zero-order chi connectivity index (χ0) is 11.4. The summed E-state index contributed by atoms with van der Waals surface area (Å²) in [6.45, 7) is 5.14. The highest BCUT2D eigenvalue weighted by atomic mass is 15.2. The van der Waals surface area contributed by atoms with Crippen LogP contribution >= 0.6 is 0 Å². The second-order valence-corrected chi connectivity index (χ2v) is 4.61. The molecule has 0 aromatic carbocycles. The predicted octanol–water partition coefficient (Wildman–Crippen LogP) is 1.21. The van der Waals surface area contributed by atoms with Crippen LogP contribution in [0.5, 0.6) is 0 Å². The Kier molecular flexibility index (Phi) is 3.72. The molecule has 1 aliphatic rings. The first-order valence-corrected chi connectivity index (χ1v) is 6.05. The lowest BCUT2D eigenvalue weighted by atomic mass is 10.0. The van der Waals surface area contributed by atoms with Crippen LogP contribution in [0.1, 0.15) is 25.3 Å². The highest BCUT2D eigenvalue weighted by molar-refractivity contribution is 5.46. The Morgan fingerprint density at radius 1 is 1.44 bits per heavy atom. The number of rotatable bonds is 4. The summed E-state index contributed by atoms with van der Waals surface area (Å²) >= 11 is 0. The molecule has 2 N–H and O–H groups in total. The highest BCUT2D eigenvalue weighted by Gasteiger charge is 2.17. The molecule has 4 nitrogen and oxygen atoms in total. The molecule has 1 fully saturated rings. The molecule has 88 valence electrons. The maximum atomic E-state index is 5.67. The molecule has 0 aliphatic carbocycles. The molecule has 1 aliphatic heterocycles. The van der Waals surface area contributed by atoms with Crippen LogP contribution in [-0.4, -0.2) is 29.6 Å². The molecule has 4 heteroatoms. The molecule has 1 saturated heterocycles.